The van der Waals surface area contributed by atoms with E-state index in [1.165, 1.54) is 18.2 Å². The largest absolute Gasteiger partial charge is 0.497 e. The standard InChI is InChI=1S/C20H19ClN4O4/c1-29-16-5-2-14(3-6-16)19(13-22)23-8-10-24(11-9-23)20(26)17-7-4-15(21)12-18(17)25(27)28/h2-7,12,19H,8-11H2,1H3. The summed E-state index contributed by atoms with van der Waals surface area (Å²) in [5, 5.41) is 21.1. The number of methoxy groups -OCH3 is 1. The molecule has 0 radical (unpaired) electrons. The molecule has 1 fully saturated rings. The first-order chi connectivity index (χ1) is 13.9. The number of piperazine rings is 1. The molecule has 0 N–H and O–H groups in total. The molecule has 8 nitrogen and oxygen atoms in total. The topological polar surface area (TPSA) is 99.7 Å². The van der Waals surface area contributed by atoms with E-state index in [0.717, 1.165) is 5.56 Å². The van der Waals surface area contributed by atoms with Crippen LogP contribution in [0.5, 0.6) is 5.75 Å². The van der Waals surface area contributed by atoms with E-state index < -0.39 is 16.9 Å². The third-order valence-electron chi connectivity index (χ3n) is 4.91. The second-order valence-electron chi connectivity index (χ2n) is 6.55. The van der Waals surface area contributed by atoms with E-state index in [9.17, 15) is 20.2 Å². The molecule has 2 aromatic rings. The lowest BCUT2D eigenvalue weighted by Gasteiger charge is -2.37. The Morgan fingerprint density at radius 2 is 1.86 bits per heavy atom. The lowest BCUT2D eigenvalue weighted by molar-refractivity contribution is -0.385. The van der Waals surface area contributed by atoms with Crippen LogP contribution >= 0.6 is 11.6 Å². The number of rotatable bonds is 5. The Hall–Kier alpha value is -3.15. The molecule has 0 bridgehead atoms. The van der Waals surface area contributed by atoms with Crippen LogP contribution in [0.15, 0.2) is 42.5 Å². The third kappa shape index (κ3) is 4.47. The molecule has 1 aliphatic rings. The van der Waals surface area contributed by atoms with Gasteiger partial charge in [-0.15, -0.1) is 0 Å². The van der Waals surface area contributed by atoms with Gasteiger partial charge in [-0.1, -0.05) is 23.7 Å². The number of halogens is 1. The van der Waals surface area contributed by atoms with Crippen LogP contribution in [0.2, 0.25) is 5.02 Å². The van der Waals surface area contributed by atoms with Crippen LogP contribution in [0.4, 0.5) is 5.69 Å². The molecule has 9 heteroatoms. The molecule has 0 spiro atoms. The molecule has 0 aromatic heterocycles. The first kappa shape index (κ1) is 20.6. The highest BCUT2D eigenvalue weighted by Gasteiger charge is 2.30. The number of nitrogens with zero attached hydrogens (tertiary/aromatic N) is 4. The predicted octanol–water partition coefficient (Wildman–Crippen LogP) is 3.28. The smallest absolute Gasteiger partial charge is 0.283 e. The number of amides is 1. The van der Waals surface area contributed by atoms with Crippen molar-refractivity contribution in [3.63, 3.8) is 0 Å². The number of benzene rings is 2. The van der Waals surface area contributed by atoms with Gasteiger partial charge in [0, 0.05) is 37.3 Å². The molecular formula is C20H19ClN4O4. The Kier molecular flexibility index (Phi) is 6.32. The molecule has 1 saturated heterocycles. The van der Waals surface area contributed by atoms with E-state index in [2.05, 4.69) is 6.07 Å². The van der Waals surface area contributed by atoms with Crippen molar-refractivity contribution in [1.82, 2.24) is 9.80 Å². The van der Waals surface area contributed by atoms with Gasteiger partial charge in [0.15, 0.2) is 0 Å². The van der Waals surface area contributed by atoms with Crippen molar-refractivity contribution in [3.05, 3.63) is 68.7 Å². The number of carbonyl (C=O) groups is 1. The third-order valence-corrected chi connectivity index (χ3v) is 5.14. The minimum atomic E-state index is -0.606. The van der Waals surface area contributed by atoms with Gasteiger partial charge in [-0.3, -0.25) is 19.8 Å². The SMILES string of the molecule is COc1ccc(C(C#N)N2CCN(C(=O)c3ccc(Cl)cc3[N+](=O)[O-])CC2)cc1. The molecular weight excluding hydrogens is 396 g/mol. The highest BCUT2D eigenvalue weighted by atomic mass is 35.5. The summed E-state index contributed by atoms with van der Waals surface area (Å²) in [6, 6.07) is 13.2. The molecule has 150 valence electrons. The van der Waals surface area contributed by atoms with Crippen molar-refractivity contribution in [3.8, 4) is 11.8 Å². The second kappa shape index (κ2) is 8.90. The predicted molar refractivity (Wildman–Crippen MR) is 107 cm³/mol. The molecule has 1 unspecified atom stereocenters. The zero-order valence-corrected chi connectivity index (χ0v) is 16.5. The summed E-state index contributed by atoms with van der Waals surface area (Å²) in [4.78, 5) is 27.0. The van der Waals surface area contributed by atoms with Crippen molar-refractivity contribution in [2.45, 2.75) is 6.04 Å². The van der Waals surface area contributed by atoms with E-state index in [4.69, 9.17) is 16.3 Å². The monoisotopic (exact) mass is 414 g/mol. The fraction of sp³-hybridized carbons (Fsp3) is 0.300. The van der Waals surface area contributed by atoms with Gasteiger partial charge in [-0.2, -0.15) is 5.26 Å². The maximum atomic E-state index is 12.8. The first-order valence-electron chi connectivity index (χ1n) is 8.95. The van der Waals surface area contributed by atoms with E-state index in [1.807, 2.05) is 17.0 Å². The van der Waals surface area contributed by atoms with Crippen LogP contribution in [0.1, 0.15) is 22.0 Å². The Bertz CT molecular complexity index is 950. The number of nitriles is 1. The first-order valence-corrected chi connectivity index (χ1v) is 9.33. The van der Waals surface area contributed by atoms with Gasteiger partial charge >= 0.3 is 0 Å². The number of hydrogen-bond acceptors (Lipinski definition) is 6. The quantitative estimate of drug-likeness (QED) is 0.549. The van der Waals surface area contributed by atoms with Crippen LogP contribution in [0.3, 0.4) is 0 Å². The molecule has 3 rings (SSSR count). The van der Waals surface area contributed by atoms with Gasteiger partial charge < -0.3 is 9.64 Å². The average Bonchev–Trinajstić information content (AvgIpc) is 2.74. The minimum absolute atomic E-state index is 0.0137. The molecule has 0 saturated carbocycles. The molecule has 1 heterocycles. The van der Waals surface area contributed by atoms with Crippen molar-refractivity contribution < 1.29 is 14.5 Å². The van der Waals surface area contributed by atoms with Crippen molar-refractivity contribution >= 4 is 23.2 Å². The van der Waals surface area contributed by atoms with Crippen molar-refractivity contribution in [2.75, 3.05) is 33.3 Å². The van der Waals surface area contributed by atoms with Crippen LogP contribution in [-0.2, 0) is 0 Å². The summed E-state index contributed by atoms with van der Waals surface area (Å²) in [5.41, 5.74) is 0.555. The highest BCUT2D eigenvalue weighted by Crippen LogP contribution is 2.27. The zero-order valence-electron chi connectivity index (χ0n) is 15.7. The Labute approximate surface area is 173 Å². The summed E-state index contributed by atoms with van der Waals surface area (Å²) in [6.07, 6.45) is 0. The summed E-state index contributed by atoms with van der Waals surface area (Å²) >= 11 is 5.82. The number of hydrogen-bond donors (Lipinski definition) is 0. The van der Waals surface area contributed by atoms with E-state index >= 15 is 0 Å². The van der Waals surface area contributed by atoms with Crippen LogP contribution in [-0.4, -0.2) is 53.9 Å². The van der Waals surface area contributed by atoms with E-state index in [1.54, 1.807) is 24.1 Å². The molecule has 29 heavy (non-hydrogen) atoms. The van der Waals surface area contributed by atoms with E-state index in [-0.39, 0.29) is 16.3 Å². The molecule has 1 aliphatic heterocycles. The lowest BCUT2D eigenvalue weighted by atomic mass is 10.0. The number of carbonyl (C=O) groups excluding carboxylic acids is 1. The van der Waals surface area contributed by atoms with Crippen molar-refractivity contribution in [1.29, 1.82) is 5.26 Å². The summed E-state index contributed by atoms with van der Waals surface area (Å²) in [5.74, 6) is 0.302. The fourth-order valence-electron chi connectivity index (χ4n) is 3.34. The minimum Gasteiger partial charge on any atom is -0.497 e. The van der Waals surface area contributed by atoms with Gasteiger partial charge in [0.2, 0.25) is 0 Å². The fourth-order valence-corrected chi connectivity index (χ4v) is 3.51. The molecule has 0 aliphatic carbocycles. The van der Waals surface area contributed by atoms with Crippen LogP contribution < -0.4 is 4.74 Å². The second-order valence-corrected chi connectivity index (χ2v) is 6.99. The number of nitro groups is 1. The van der Waals surface area contributed by atoms with Crippen LogP contribution in [0.25, 0.3) is 0 Å². The average molecular weight is 415 g/mol. The molecule has 1 amide bonds. The van der Waals surface area contributed by atoms with Gasteiger partial charge in [-0.05, 0) is 29.8 Å². The highest BCUT2D eigenvalue weighted by molar-refractivity contribution is 6.31. The summed E-state index contributed by atoms with van der Waals surface area (Å²) in [6.45, 7) is 1.70. The molecule has 1 atom stereocenters. The Morgan fingerprint density at radius 3 is 2.41 bits per heavy atom. The van der Waals surface area contributed by atoms with Gasteiger partial charge in [0.25, 0.3) is 11.6 Å². The summed E-state index contributed by atoms with van der Waals surface area (Å²) in [7, 11) is 1.58. The van der Waals surface area contributed by atoms with Gasteiger partial charge in [-0.25, -0.2) is 0 Å². The Balaban J connectivity index is 1.70. The van der Waals surface area contributed by atoms with Crippen molar-refractivity contribution in [2.24, 2.45) is 0 Å². The number of ether oxygens (including phenoxy) is 1. The van der Waals surface area contributed by atoms with Gasteiger partial charge in [0.1, 0.15) is 17.4 Å². The number of nitro benzene ring substituents is 1. The maximum absolute atomic E-state index is 12.8. The summed E-state index contributed by atoms with van der Waals surface area (Å²) < 4.78 is 5.15. The lowest BCUT2D eigenvalue weighted by Crippen LogP contribution is -2.49. The molecule has 2 aromatic carbocycles. The van der Waals surface area contributed by atoms with Crippen LogP contribution in [0, 0.1) is 21.4 Å². The normalized spacial score (nSPS) is 15.4. The Morgan fingerprint density at radius 1 is 1.21 bits per heavy atom. The maximum Gasteiger partial charge on any atom is 0.283 e. The van der Waals surface area contributed by atoms with E-state index in [0.29, 0.717) is 31.9 Å². The zero-order chi connectivity index (χ0) is 21.0. The van der Waals surface area contributed by atoms with Gasteiger partial charge in [0.05, 0.1) is 18.1 Å².